The molecule has 1 heterocycles. The third-order valence-corrected chi connectivity index (χ3v) is 3.28. The molecular weight excluding hydrogens is 270 g/mol. The highest BCUT2D eigenvalue weighted by atomic mass is 16.2. The van der Waals surface area contributed by atoms with E-state index in [0.29, 0.717) is 17.2 Å². The van der Waals surface area contributed by atoms with E-state index in [2.05, 4.69) is 25.8 Å². The minimum atomic E-state index is -0.396. The lowest BCUT2D eigenvalue weighted by Gasteiger charge is -2.05. The van der Waals surface area contributed by atoms with E-state index in [1.807, 2.05) is 0 Å². The minimum Gasteiger partial charge on any atom is -0.355 e. The first-order valence-corrected chi connectivity index (χ1v) is 6.73. The van der Waals surface area contributed by atoms with E-state index >= 15 is 0 Å². The predicted molar refractivity (Wildman–Crippen MR) is 76.1 cm³/mol. The predicted octanol–water partition coefficient (Wildman–Crippen LogP) is 1.29. The van der Waals surface area contributed by atoms with Gasteiger partial charge in [0.05, 0.1) is 0 Å². The Balaban J connectivity index is 1.72. The highest BCUT2D eigenvalue weighted by Crippen LogP contribution is 2.37. The van der Waals surface area contributed by atoms with Gasteiger partial charge in [0, 0.05) is 24.2 Å². The maximum Gasteiger partial charge on any atom is 0.295 e. The molecule has 0 spiro atoms. The van der Waals surface area contributed by atoms with Crippen LogP contribution in [0.25, 0.3) is 0 Å². The average molecular weight is 285 g/mol. The van der Waals surface area contributed by atoms with Crippen molar-refractivity contribution in [2.75, 3.05) is 12.4 Å². The van der Waals surface area contributed by atoms with Gasteiger partial charge < -0.3 is 10.6 Å². The Morgan fingerprint density at radius 2 is 2.10 bits per heavy atom. The molecule has 1 aliphatic carbocycles. The van der Waals surface area contributed by atoms with Crippen LogP contribution >= 0.6 is 0 Å². The van der Waals surface area contributed by atoms with Gasteiger partial charge in [-0.1, -0.05) is 6.07 Å². The molecule has 0 radical (unpaired) electrons. The maximum atomic E-state index is 12.1. The van der Waals surface area contributed by atoms with Crippen LogP contribution in [0, 0.1) is 0 Å². The summed E-state index contributed by atoms with van der Waals surface area (Å²) in [4.78, 5) is 27.8. The van der Waals surface area contributed by atoms with E-state index in [9.17, 15) is 9.59 Å². The van der Waals surface area contributed by atoms with Crippen LogP contribution < -0.4 is 10.6 Å². The van der Waals surface area contributed by atoms with E-state index in [1.165, 1.54) is 0 Å². The maximum absolute atomic E-state index is 12.1. The van der Waals surface area contributed by atoms with E-state index in [0.717, 1.165) is 18.7 Å². The molecule has 108 valence electrons. The molecule has 2 aromatic rings. The first-order chi connectivity index (χ1) is 10.2. The molecule has 3 rings (SSSR count). The monoisotopic (exact) mass is 285 g/mol. The number of rotatable bonds is 4. The van der Waals surface area contributed by atoms with Crippen molar-refractivity contribution < 1.29 is 9.59 Å². The average Bonchev–Trinajstić information content (AvgIpc) is 3.23. The first-order valence-electron chi connectivity index (χ1n) is 6.73. The molecule has 0 saturated heterocycles. The molecular formula is C14H15N5O2. The molecule has 1 aliphatic rings. The second kappa shape index (κ2) is 5.35. The summed E-state index contributed by atoms with van der Waals surface area (Å²) in [7, 11) is 1.56. The van der Waals surface area contributed by atoms with Crippen molar-refractivity contribution in [3.05, 3.63) is 41.5 Å². The standard InChI is InChI=1S/C14H15N5O2/c1-15-13(20)9-3-2-4-10(7-9)16-14(21)12-17-11(18-19-12)8-5-6-8/h2-4,7-8H,5-6H2,1H3,(H,15,20)(H,16,21)(H,17,18,19). The second-order valence-electron chi connectivity index (χ2n) is 4.93. The molecule has 3 N–H and O–H groups in total. The summed E-state index contributed by atoms with van der Waals surface area (Å²) in [6.45, 7) is 0. The molecule has 0 aliphatic heterocycles. The van der Waals surface area contributed by atoms with E-state index in [4.69, 9.17) is 0 Å². The van der Waals surface area contributed by atoms with Gasteiger partial charge in [0.25, 0.3) is 11.8 Å². The highest BCUT2D eigenvalue weighted by molar-refractivity contribution is 6.02. The van der Waals surface area contributed by atoms with Gasteiger partial charge >= 0.3 is 0 Å². The van der Waals surface area contributed by atoms with Gasteiger partial charge in [0.2, 0.25) is 5.82 Å². The molecule has 1 aromatic carbocycles. The highest BCUT2D eigenvalue weighted by Gasteiger charge is 2.28. The Hall–Kier alpha value is -2.70. The van der Waals surface area contributed by atoms with Crippen molar-refractivity contribution in [1.82, 2.24) is 20.5 Å². The zero-order chi connectivity index (χ0) is 14.8. The summed E-state index contributed by atoms with van der Waals surface area (Å²) in [6, 6.07) is 6.68. The summed E-state index contributed by atoms with van der Waals surface area (Å²) in [6.07, 6.45) is 2.18. The number of nitrogens with zero attached hydrogens (tertiary/aromatic N) is 2. The first kappa shape index (κ1) is 13.3. The third kappa shape index (κ3) is 2.91. The Kier molecular flexibility index (Phi) is 3.39. The van der Waals surface area contributed by atoms with Gasteiger partial charge in [-0.2, -0.15) is 0 Å². The molecule has 0 unspecified atom stereocenters. The Morgan fingerprint density at radius 1 is 1.29 bits per heavy atom. The zero-order valence-electron chi connectivity index (χ0n) is 11.5. The largest absolute Gasteiger partial charge is 0.355 e. The van der Waals surface area contributed by atoms with E-state index in [1.54, 1.807) is 31.3 Å². The SMILES string of the molecule is CNC(=O)c1cccc(NC(=O)c2n[nH]c(C3CC3)n2)c1. The summed E-state index contributed by atoms with van der Waals surface area (Å²) in [5.41, 5.74) is 1.00. The number of carbonyl (C=O) groups is 2. The lowest BCUT2D eigenvalue weighted by molar-refractivity contribution is 0.0961. The molecule has 7 nitrogen and oxygen atoms in total. The van der Waals surface area contributed by atoms with E-state index < -0.39 is 5.91 Å². The van der Waals surface area contributed by atoms with Gasteiger partial charge in [0.15, 0.2) is 0 Å². The number of aromatic nitrogens is 3. The van der Waals surface area contributed by atoms with Gasteiger partial charge in [-0.3, -0.25) is 14.7 Å². The number of anilines is 1. The number of nitrogens with one attached hydrogen (secondary N) is 3. The van der Waals surface area contributed by atoms with Crippen molar-refractivity contribution >= 4 is 17.5 Å². The second-order valence-corrected chi connectivity index (χ2v) is 4.93. The fourth-order valence-corrected chi connectivity index (χ4v) is 1.98. The summed E-state index contributed by atoms with van der Waals surface area (Å²) in [5.74, 6) is 0.685. The van der Waals surface area contributed by atoms with Crippen molar-refractivity contribution in [3.8, 4) is 0 Å². The molecule has 0 bridgehead atoms. The van der Waals surface area contributed by atoms with Gasteiger partial charge in [-0.05, 0) is 31.0 Å². The van der Waals surface area contributed by atoms with Gasteiger partial charge in [-0.15, -0.1) is 5.10 Å². The Morgan fingerprint density at radius 3 is 2.81 bits per heavy atom. The van der Waals surface area contributed by atoms with Gasteiger partial charge in [0.1, 0.15) is 5.82 Å². The number of H-pyrrole nitrogens is 1. The smallest absolute Gasteiger partial charge is 0.295 e. The minimum absolute atomic E-state index is 0.113. The van der Waals surface area contributed by atoms with Crippen LogP contribution in [-0.2, 0) is 0 Å². The van der Waals surface area contributed by atoms with Crippen molar-refractivity contribution in [2.45, 2.75) is 18.8 Å². The molecule has 2 amide bonds. The quantitative estimate of drug-likeness (QED) is 0.788. The molecule has 1 aromatic heterocycles. The lowest BCUT2D eigenvalue weighted by atomic mass is 10.2. The van der Waals surface area contributed by atoms with Crippen LogP contribution in [0.5, 0.6) is 0 Å². The van der Waals surface area contributed by atoms with Crippen LogP contribution in [0.2, 0.25) is 0 Å². The Labute approximate surface area is 121 Å². The fraction of sp³-hybridized carbons (Fsp3) is 0.286. The van der Waals surface area contributed by atoms with E-state index in [-0.39, 0.29) is 11.7 Å². The molecule has 21 heavy (non-hydrogen) atoms. The summed E-state index contributed by atoms with van der Waals surface area (Å²) in [5, 5.41) is 11.9. The lowest BCUT2D eigenvalue weighted by Crippen LogP contribution is -2.18. The van der Waals surface area contributed by atoms with Crippen LogP contribution in [0.4, 0.5) is 5.69 Å². The summed E-state index contributed by atoms with van der Waals surface area (Å²) < 4.78 is 0. The van der Waals surface area contributed by atoms with Crippen LogP contribution in [0.15, 0.2) is 24.3 Å². The van der Waals surface area contributed by atoms with Gasteiger partial charge in [-0.25, -0.2) is 4.98 Å². The molecule has 1 fully saturated rings. The van der Waals surface area contributed by atoms with Crippen LogP contribution in [0.1, 0.15) is 45.6 Å². The number of benzene rings is 1. The van der Waals surface area contributed by atoms with Crippen LogP contribution in [-0.4, -0.2) is 34.0 Å². The molecule has 1 saturated carbocycles. The Bertz CT molecular complexity index is 690. The normalized spacial score (nSPS) is 13.8. The van der Waals surface area contributed by atoms with Crippen molar-refractivity contribution in [2.24, 2.45) is 0 Å². The number of hydrogen-bond acceptors (Lipinski definition) is 4. The fourth-order valence-electron chi connectivity index (χ4n) is 1.98. The summed E-state index contributed by atoms with van der Waals surface area (Å²) >= 11 is 0. The number of amides is 2. The number of aromatic amines is 1. The molecule has 7 heteroatoms. The van der Waals surface area contributed by atoms with Crippen molar-refractivity contribution in [1.29, 1.82) is 0 Å². The number of hydrogen-bond donors (Lipinski definition) is 3. The van der Waals surface area contributed by atoms with Crippen LogP contribution in [0.3, 0.4) is 0 Å². The zero-order valence-corrected chi connectivity index (χ0v) is 11.5. The topological polar surface area (TPSA) is 99.8 Å². The molecule has 0 atom stereocenters. The third-order valence-electron chi connectivity index (χ3n) is 3.28. The van der Waals surface area contributed by atoms with Crippen molar-refractivity contribution in [3.63, 3.8) is 0 Å². The number of carbonyl (C=O) groups excluding carboxylic acids is 2.